The number of amidine groups is 1. The molecule has 0 unspecified atom stereocenters. The zero-order chi connectivity index (χ0) is 14.1. The van der Waals surface area contributed by atoms with E-state index in [1.165, 1.54) is 0 Å². The number of nitrogens with one attached hydrogen (secondary N) is 1. The molecule has 0 atom stereocenters. The minimum Gasteiger partial charge on any atom is -0.454 e. The number of nitrogens with two attached hydrogens (primary N) is 1. The maximum Gasteiger partial charge on any atom is 0.259 e. The van der Waals surface area contributed by atoms with Gasteiger partial charge in [0.25, 0.3) is 5.91 Å². The predicted octanol–water partition coefficient (Wildman–Crippen LogP) is 3.05. The van der Waals surface area contributed by atoms with Crippen LogP contribution in [0, 0.1) is 0 Å². The number of ether oxygens (including phenoxy) is 1. The van der Waals surface area contributed by atoms with Crippen LogP contribution in [0.1, 0.15) is 17.3 Å². The fraction of sp³-hybridized carbons (Fsp3) is 0.0667. The molecule has 0 saturated carbocycles. The lowest BCUT2D eigenvalue weighted by atomic mass is 10.1. The number of anilines is 1. The van der Waals surface area contributed by atoms with Crippen LogP contribution in [0.15, 0.2) is 47.5 Å². The average Bonchev–Trinajstić information content (AvgIpc) is 2.54. The van der Waals surface area contributed by atoms with E-state index in [0.29, 0.717) is 34.3 Å². The number of hydrogen-bond acceptors (Lipinski definition) is 3. The summed E-state index contributed by atoms with van der Waals surface area (Å²) in [4.78, 5) is 16.4. The van der Waals surface area contributed by atoms with Crippen molar-refractivity contribution in [1.82, 2.24) is 0 Å². The first-order valence-corrected chi connectivity index (χ1v) is 6.16. The lowest BCUT2D eigenvalue weighted by Crippen LogP contribution is -2.10. The highest BCUT2D eigenvalue weighted by molar-refractivity contribution is 6.08. The highest BCUT2D eigenvalue weighted by Gasteiger charge is 2.20. The average molecular weight is 267 g/mol. The predicted molar refractivity (Wildman–Crippen MR) is 77.9 cm³/mol. The zero-order valence-corrected chi connectivity index (χ0v) is 10.9. The van der Waals surface area contributed by atoms with Crippen LogP contribution >= 0.6 is 0 Å². The number of amides is 1. The van der Waals surface area contributed by atoms with Crippen LogP contribution in [0.25, 0.3) is 0 Å². The van der Waals surface area contributed by atoms with Crippen molar-refractivity contribution in [2.45, 2.75) is 6.92 Å². The Morgan fingerprint density at radius 3 is 2.80 bits per heavy atom. The van der Waals surface area contributed by atoms with Crippen molar-refractivity contribution >= 4 is 23.1 Å². The van der Waals surface area contributed by atoms with Crippen LogP contribution in [0.4, 0.5) is 11.4 Å². The minimum atomic E-state index is -0.225. The van der Waals surface area contributed by atoms with Crippen molar-refractivity contribution in [2.24, 2.45) is 10.7 Å². The number of para-hydroxylation sites is 2. The Balaban J connectivity index is 2.09. The highest BCUT2D eigenvalue weighted by Crippen LogP contribution is 2.36. The molecule has 3 N–H and O–H groups in total. The lowest BCUT2D eigenvalue weighted by Gasteiger charge is -2.07. The SMILES string of the molecule is CC(N)=Nc1ccc2c(c1)C(=O)Nc1ccccc1O2. The summed E-state index contributed by atoms with van der Waals surface area (Å²) in [6.07, 6.45) is 0. The van der Waals surface area contributed by atoms with Gasteiger partial charge in [0.2, 0.25) is 0 Å². The molecule has 5 nitrogen and oxygen atoms in total. The van der Waals surface area contributed by atoms with Crippen molar-refractivity contribution in [3.63, 3.8) is 0 Å². The molecule has 2 aromatic carbocycles. The molecule has 2 aromatic rings. The summed E-state index contributed by atoms with van der Waals surface area (Å²) in [7, 11) is 0. The van der Waals surface area contributed by atoms with Gasteiger partial charge in [-0.15, -0.1) is 0 Å². The second kappa shape index (κ2) is 4.70. The van der Waals surface area contributed by atoms with Gasteiger partial charge in [-0.1, -0.05) is 12.1 Å². The van der Waals surface area contributed by atoms with Crippen molar-refractivity contribution in [3.05, 3.63) is 48.0 Å². The second-order valence-corrected chi connectivity index (χ2v) is 4.49. The minimum absolute atomic E-state index is 0.225. The monoisotopic (exact) mass is 267 g/mol. The second-order valence-electron chi connectivity index (χ2n) is 4.49. The molecular weight excluding hydrogens is 254 g/mol. The Morgan fingerprint density at radius 1 is 1.20 bits per heavy atom. The van der Waals surface area contributed by atoms with Gasteiger partial charge in [-0.3, -0.25) is 4.79 Å². The van der Waals surface area contributed by atoms with E-state index in [4.69, 9.17) is 10.5 Å². The van der Waals surface area contributed by atoms with E-state index in [9.17, 15) is 4.79 Å². The van der Waals surface area contributed by atoms with Gasteiger partial charge < -0.3 is 15.8 Å². The number of nitrogens with zero attached hydrogens (tertiary/aromatic N) is 1. The Labute approximate surface area is 116 Å². The van der Waals surface area contributed by atoms with Crippen molar-refractivity contribution in [2.75, 3.05) is 5.32 Å². The third-order valence-electron chi connectivity index (χ3n) is 2.87. The molecular formula is C15H13N3O2. The molecule has 0 fully saturated rings. The highest BCUT2D eigenvalue weighted by atomic mass is 16.5. The smallest absolute Gasteiger partial charge is 0.259 e. The summed E-state index contributed by atoms with van der Waals surface area (Å²) in [6, 6.07) is 12.4. The fourth-order valence-electron chi connectivity index (χ4n) is 2.02. The van der Waals surface area contributed by atoms with Crippen LogP contribution in [-0.4, -0.2) is 11.7 Å². The van der Waals surface area contributed by atoms with E-state index < -0.39 is 0 Å². The standard InChI is InChI=1S/C15H13N3O2/c1-9(16)17-10-6-7-13-11(8-10)15(19)18-12-4-2-3-5-14(12)20-13/h2-8H,1H3,(H2,16,17)(H,18,19). The van der Waals surface area contributed by atoms with Gasteiger partial charge in [0.05, 0.1) is 22.8 Å². The maximum absolute atomic E-state index is 12.2. The number of benzene rings is 2. The zero-order valence-electron chi connectivity index (χ0n) is 10.9. The van der Waals surface area contributed by atoms with Gasteiger partial charge in [0, 0.05) is 0 Å². The molecule has 1 aliphatic heterocycles. The molecule has 0 radical (unpaired) electrons. The van der Waals surface area contributed by atoms with Gasteiger partial charge >= 0.3 is 0 Å². The molecule has 20 heavy (non-hydrogen) atoms. The topological polar surface area (TPSA) is 76.7 Å². The van der Waals surface area contributed by atoms with E-state index in [1.54, 1.807) is 37.3 Å². The summed E-state index contributed by atoms with van der Waals surface area (Å²) in [5.74, 6) is 1.33. The summed E-state index contributed by atoms with van der Waals surface area (Å²) in [5.41, 5.74) is 7.25. The summed E-state index contributed by atoms with van der Waals surface area (Å²) >= 11 is 0. The molecule has 0 bridgehead atoms. The van der Waals surface area contributed by atoms with Crippen molar-refractivity contribution in [3.8, 4) is 11.5 Å². The van der Waals surface area contributed by atoms with Gasteiger partial charge in [0.15, 0.2) is 5.75 Å². The van der Waals surface area contributed by atoms with Crippen LogP contribution < -0.4 is 15.8 Å². The third-order valence-corrected chi connectivity index (χ3v) is 2.87. The molecule has 1 heterocycles. The summed E-state index contributed by atoms with van der Waals surface area (Å²) in [5, 5.41) is 2.82. The molecule has 0 aliphatic carbocycles. The number of carbonyl (C=O) groups excluding carboxylic acids is 1. The number of fused-ring (bicyclic) bond motifs is 2. The molecule has 0 aromatic heterocycles. The first-order valence-electron chi connectivity index (χ1n) is 6.16. The van der Waals surface area contributed by atoms with E-state index in [1.807, 2.05) is 12.1 Å². The molecule has 0 spiro atoms. The van der Waals surface area contributed by atoms with Crippen LogP contribution in [0.3, 0.4) is 0 Å². The normalized spacial score (nSPS) is 13.7. The van der Waals surface area contributed by atoms with Crippen LogP contribution in [0.5, 0.6) is 11.5 Å². The largest absolute Gasteiger partial charge is 0.454 e. The Bertz CT molecular complexity index is 719. The van der Waals surface area contributed by atoms with Gasteiger partial charge in [-0.2, -0.15) is 0 Å². The maximum atomic E-state index is 12.2. The van der Waals surface area contributed by atoms with Crippen molar-refractivity contribution in [1.29, 1.82) is 0 Å². The fourth-order valence-corrected chi connectivity index (χ4v) is 2.02. The molecule has 1 aliphatic rings. The lowest BCUT2D eigenvalue weighted by molar-refractivity contribution is 0.102. The third kappa shape index (κ3) is 2.21. The van der Waals surface area contributed by atoms with E-state index in [-0.39, 0.29) is 5.91 Å². The number of rotatable bonds is 1. The van der Waals surface area contributed by atoms with Crippen LogP contribution in [-0.2, 0) is 0 Å². The van der Waals surface area contributed by atoms with Gasteiger partial charge in [0.1, 0.15) is 5.75 Å². The Hall–Kier alpha value is -2.82. The number of carbonyl (C=O) groups is 1. The Morgan fingerprint density at radius 2 is 2.00 bits per heavy atom. The summed E-state index contributed by atoms with van der Waals surface area (Å²) < 4.78 is 5.77. The Kier molecular flexibility index (Phi) is 2.87. The number of hydrogen-bond donors (Lipinski definition) is 2. The van der Waals surface area contributed by atoms with Crippen LogP contribution in [0.2, 0.25) is 0 Å². The molecule has 100 valence electrons. The molecule has 3 rings (SSSR count). The van der Waals surface area contributed by atoms with E-state index in [2.05, 4.69) is 10.3 Å². The molecule has 0 saturated heterocycles. The first kappa shape index (κ1) is 12.2. The quantitative estimate of drug-likeness (QED) is 0.615. The summed E-state index contributed by atoms with van der Waals surface area (Å²) in [6.45, 7) is 1.69. The van der Waals surface area contributed by atoms with Gasteiger partial charge in [-0.05, 0) is 37.3 Å². The van der Waals surface area contributed by atoms with E-state index >= 15 is 0 Å². The van der Waals surface area contributed by atoms with E-state index in [0.717, 1.165) is 0 Å². The first-order chi connectivity index (χ1) is 9.63. The molecule has 1 amide bonds. The number of aliphatic imine (C=N–C) groups is 1. The van der Waals surface area contributed by atoms with Crippen molar-refractivity contribution < 1.29 is 9.53 Å². The molecule has 5 heteroatoms. The van der Waals surface area contributed by atoms with Gasteiger partial charge in [-0.25, -0.2) is 4.99 Å².